The van der Waals surface area contributed by atoms with Gasteiger partial charge in [-0.25, -0.2) is 0 Å². The summed E-state index contributed by atoms with van der Waals surface area (Å²) in [5.74, 6) is 7.40. The minimum atomic E-state index is 0.413. The first-order valence-corrected chi connectivity index (χ1v) is 6.49. The third kappa shape index (κ3) is 4.04. The lowest BCUT2D eigenvalue weighted by Gasteiger charge is -2.07. The van der Waals surface area contributed by atoms with Crippen LogP contribution in [0.2, 0.25) is 0 Å². The third-order valence-electron chi connectivity index (χ3n) is 2.46. The van der Waals surface area contributed by atoms with Gasteiger partial charge in [-0.15, -0.1) is 11.6 Å². The summed E-state index contributed by atoms with van der Waals surface area (Å²) in [5, 5.41) is 3.63. The Morgan fingerprint density at radius 2 is 2.32 bits per heavy atom. The van der Waals surface area contributed by atoms with Gasteiger partial charge in [-0.05, 0) is 24.6 Å². The van der Waals surface area contributed by atoms with E-state index in [1.165, 1.54) is 0 Å². The summed E-state index contributed by atoms with van der Waals surface area (Å²) in [7, 11) is 0. The van der Waals surface area contributed by atoms with E-state index in [-0.39, 0.29) is 0 Å². The van der Waals surface area contributed by atoms with E-state index in [4.69, 9.17) is 20.9 Å². The second kappa shape index (κ2) is 6.86. The molecule has 1 aromatic heterocycles. The normalized spacial score (nSPS) is 9.79. The van der Waals surface area contributed by atoms with Crippen molar-refractivity contribution in [3.8, 4) is 17.6 Å². The Kier molecular flexibility index (Phi) is 4.88. The number of benzene rings is 1. The predicted octanol–water partition coefficient (Wildman–Crippen LogP) is 3.54. The van der Waals surface area contributed by atoms with Crippen molar-refractivity contribution in [3.05, 3.63) is 47.3 Å². The monoisotopic (exact) mass is 275 g/mol. The van der Waals surface area contributed by atoms with E-state index in [1.54, 1.807) is 12.5 Å². The van der Waals surface area contributed by atoms with Gasteiger partial charge in [0.15, 0.2) is 0 Å². The summed E-state index contributed by atoms with van der Waals surface area (Å²) in [5.41, 5.74) is 2.91. The number of aromatic nitrogens is 1. The molecule has 0 radical (unpaired) electrons. The van der Waals surface area contributed by atoms with Crippen LogP contribution < -0.4 is 4.74 Å². The van der Waals surface area contributed by atoms with E-state index in [2.05, 4.69) is 17.0 Å². The molecule has 0 amide bonds. The highest BCUT2D eigenvalue weighted by Crippen LogP contribution is 2.20. The maximum Gasteiger partial charge on any atom is 0.135 e. The molecule has 2 aromatic rings. The lowest BCUT2D eigenvalue weighted by molar-refractivity contribution is 0.303. The van der Waals surface area contributed by atoms with Crippen molar-refractivity contribution in [1.29, 1.82) is 0 Å². The van der Waals surface area contributed by atoms with Gasteiger partial charge in [0.1, 0.15) is 18.6 Å². The summed E-state index contributed by atoms with van der Waals surface area (Å²) in [4.78, 5) is 0. The predicted molar refractivity (Wildman–Crippen MR) is 74.2 cm³/mol. The molecular formula is C15H14ClNO2. The van der Waals surface area contributed by atoms with Crippen LogP contribution in [0.5, 0.6) is 5.75 Å². The molecule has 98 valence electrons. The summed E-state index contributed by atoms with van der Waals surface area (Å²) < 4.78 is 10.5. The second-order valence-electron chi connectivity index (χ2n) is 4.06. The van der Waals surface area contributed by atoms with Crippen molar-refractivity contribution < 1.29 is 9.26 Å². The number of halogens is 1. The second-order valence-corrected chi connectivity index (χ2v) is 4.44. The van der Waals surface area contributed by atoms with Crippen LogP contribution in [0, 0.1) is 18.8 Å². The van der Waals surface area contributed by atoms with Crippen molar-refractivity contribution in [2.24, 2.45) is 0 Å². The molecule has 0 aliphatic carbocycles. The van der Waals surface area contributed by atoms with E-state index < -0.39 is 0 Å². The number of hydrogen-bond acceptors (Lipinski definition) is 3. The van der Waals surface area contributed by atoms with Crippen LogP contribution >= 0.6 is 11.6 Å². The van der Waals surface area contributed by atoms with Gasteiger partial charge in [0.2, 0.25) is 0 Å². The minimum absolute atomic E-state index is 0.413. The van der Waals surface area contributed by atoms with Crippen LogP contribution in [0.15, 0.2) is 35.2 Å². The number of hydrogen-bond donors (Lipinski definition) is 0. The number of nitrogens with zero attached hydrogens (tertiary/aromatic N) is 1. The molecule has 1 heterocycles. The Labute approximate surface area is 117 Å². The van der Waals surface area contributed by atoms with Gasteiger partial charge < -0.3 is 9.26 Å². The Morgan fingerprint density at radius 3 is 3.05 bits per heavy atom. The molecule has 19 heavy (non-hydrogen) atoms. The number of aryl methyl sites for hydroxylation is 1. The van der Waals surface area contributed by atoms with Crippen LogP contribution in [-0.2, 0) is 6.61 Å². The molecule has 0 spiro atoms. The van der Waals surface area contributed by atoms with E-state index in [0.29, 0.717) is 18.9 Å². The van der Waals surface area contributed by atoms with Crippen molar-refractivity contribution >= 4 is 11.6 Å². The van der Waals surface area contributed by atoms with E-state index in [0.717, 1.165) is 22.4 Å². The molecule has 4 heteroatoms. The first-order valence-electron chi connectivity index (χ1n) is 5.96. The van der Waals surface area contributed by atoms with Gasteiger partial charge in [-0.2, -0.15) is 0 Å². The zero-order valence-electron chi connectivity index (χ0n) is 10.6. The molecular weight excluding hydrogens is 262 g/mol. The molecule has 0 aliphatic heterocycles. The van der Waals surface area contributed by atoms with Crippen LogP contribution in [0.3, 0.4) is 0 Å². The number of rotatable bonds is 4. The fraction of sp³-hybridized carbons (Fsp3) is 0.267. The fourth-order valence-corrected chi connectivity index (χ4v) is 1.63. The van der Waals surface area contributed by atoms with Gasteiger partial charge in [0.05, 0.1) is 11.8 Å². The molecule has 0 atom stereocenters. The molecule has 0 saturated heterocycles. The standard InChI is InChI=1S/C15H14ClNO2/c1-12-5-6-15(14(8-12)4-2-3-7-16)18-10-13-9-17-19-11-13/h5-6,8-9,11H,3,7,10H2,1H3. The highest BCUT2D eigenvalue weighted by molar-refractivity contribution is 6.18. The van der Waals surface area contributed by atoms with Gasteiger partial charge in [-0.1, -0.05) is 23.1 Å². The Hall–Kier alpha value is -1.92. The van der Waals surface area contributed by atoms with E-state index >= 15 is 0 Å². The smallest absolute Gasteiger partial charge is 0.135 e. The molecule has 0 fully saturated rings. The summed E-state index contributed by atoms with van der Waals surface area (Å²) in [6.45, 7) is 2.44. The number of ether oxygens (including phenoxy) is 1. The van der Waals surface area contributed by atoms with Crippen molar-refractivity contribution in [2.45, 2.75) is 20.0 Å². The Morgan fingerprint density at radius 1 is 1.42 bits per heavy atom. The first kappa shape index (κ1) is 13.5. The van der Waals surface area contributed by atoms with Crippen molar-refractivity contribution in [3.63, 3.8) is 0 Å². The van der Waals surface area contributed by atoms with Gasteiger partial charge in [0, 0.05) is 17.9 Å². The first-order chi connectivity index (χ1) is 9.29. The van der Waals surface area contributed by atoms with E-state index in [1.807, 2.05) is 25.1 Å². The average molecular weight is 276 g/mol. The van der Waals surface area contributed by atoms with E-state index in [9.17, 15) is 0 Å². The third-order valence-corrected chi connectivity index (χ3v) is 2.64. The van der Waals surface area contributed by atoms with Crippen LogP contribution in [0.25, 0.3) is 0 Å². The summed E-state index contributed by atoms with van der Waals surface area (Å²) >= 11 is 5.62. The SMILES string of the molecule is Cc1ccc(OCc2cnoc2)c(C#CCCCl)c1. The zero-order valence-corrected chi connectivity index (χ0v) is 11.4. The molecule has 0 bridgehead atoms. The fourth-order valence-electron chi connectivity index (χ4n) is 1.53. The van der Waals surface area contributed by atoms with Crippen LogP contribution in [-0.4, -0.2) is 11.0 Å². The molecule has 3 nitrogen and oxygen atoms in total. The van der Waals surface area contributed by atoms with Crippen LogP contribution in [0.1, 0.15) is 23.1 Å². The number of alkyl halides is 1. The quantitative estimate of drug-likeness (QED) is 0.632. The molecule has 0 aliphatic rings. The molecule has 1 aromatic carbocycles. The maximum atomic E-state index is 5.73. The average Bonchev–Trinajstić information content (AvgIpc) is 2.91. The Bertz CT molecular complexity index is 582. The van der Waals surface area contributed by atoms with Gasteiger partial charge in [0.25, 0.3) is 0 Å². The van der Waals surface area contributed by atoms with Crippen molar-refractivity contribution in [1.82, 2.24) is 5.16 Å². The maximum absolute atomic E-state index is 5.73. The molecule has 0 unspecified atom stereocenters. The highest BCUT2D eigenvalue weighted by atomic mass is 35.5. The minimum Gasteiger partial charge on any atom is -0.487 e. The molecule has 0 saturated carbocycles. The van der Waals surface area contributed by atoms with Crippen molar-refractivity contribution in [2.75, 3.05) is 5.88 Å². The lowest BCUT2D eigenvalue weighted by atomic mass is 10.1. The summed E-state index contributed by atoms with van der Waals surface area (Å²) in [6.07, 6.45) is 3.86. The lowest BCUT2D eigenvalue weighted by Crippen LogP contribution is -1.96. The largest absolute Gasteiger partial charge is 0.487 e. The van der Waals surface area contributed by atoms with Gasteiger partial charge >= 0.3 is 0 Å². The zero-order chi connectivity index (χ0) is 13.5. The Balaban J connectivity index is 2.12. The highest BCUT2D eigenvalue weighted by Gasteiger charge is 2.03. The molecule has 0 N–H and O–H groups in total. The topological polar surface area (TPSA) is 35.3 Å². The summed E-state index contributed by atoms with van der Waals surface area (Å²) in [6, 6.07) is 5.92. The molecule has 2 rings (SSSR count). The van der Waals surface area contributed by atoms with Gasteiger partial charge in [-0.3, -0.25) is 0 Å². The van der Waals surface area contributed by atoms with Crippen LogP contribution in [0.4, 0.5) is 0 Å².